The van der Waals surface area contributed by atoms with E-state index in [0.29, 0.717) is 0 Å². The van der Waals surface area contributed by atoms with E-state index < -0.39 is 29.3 Å². The standard InChI is InChI=1S/C9H11NO6/c10-5(9(14)16-15)3-4-1-2-6(11)8(13)7(4)12/h1-2,5,11-13,15H,3,10H2. The number of phenols is 3. The van der Waals surface area contributed by atoms with Gasteiger partial charge in [-0.05, 0) is 6.07 Å². The Hall–Kier alpha value is -1.99. The Kier molecular flexibility index (Phi) is 3.54. The molecule has 7 heteroatoms. The van der Waals surface area contributed by atoms with Crippen molar-refractivity contribution in [1.82, 2.24) is 0 Å². The van der Waals surface area contributed by atoms with Gasteiger partial charge in [0, 0.05) is 12.0 Å². The van der Waals surface area contributed by atoms with Crippen LogP contribution < -0.4 is 5.73 Å². The van der Waals surface area contributed by atoms with Gasteiger partial charge in [-0.2, -0.15) is 5.26 Å². The van der Waals surface area contributed by atoms with Gasteiger partial charge >= 0.3 is 5.97 Å². The molecule has 1 unspecified atom stereocenters. The van der Waals surface area contributed by atoms with Crippen molar-refractivity contribution in [3.8, 4) is 17.2 Å². The summed E-state index contributed by atoms with van der Waals surface area (Å²) in [6.07, 6.45) is -0.154. The van der Waals surface area contributed by atoms with Crippen molar-refractivity contribution >= 4 is 5.97 Å². The zero-order valence-electron chi connectivity index (χ0n) is 8.12. The van der Waals surface area contributed by atoms with Crippen molar-refractivity contribution in [3.63, 3.8) is 0 Å². The summed E-state index contributed by atoms with van der Waals surface area (Å²) in [6.45, 7) is 0. The number of aromatic hydroxyl groups is 3. The zero-order valence-corrected chi connectivity index (χ0v) is 8.12. The average Bonchev–Trinajstić information content (AvgIpc) is 2.28. The van der Waals surface area contributed by atoms with E-state index in [2.05, 4.69) is 4.89 Å². The van der Waals surface area contributed by atoms with E-state index >= 15 is 0 Å². The fourth-order valence-electron chi connectivity index (χ4n) is 1.16. The lowest BCUT2D eigenvalue weighted by Gasteiger charge is -2.10. The Morgan fingerprint density at radius 3 is 2.50 bits per heavy atom. The minimum atomic E-state index is -1.18. The van der Waals surface area contributed by atoms with Crippen molar-refractivity contribution in [2.24, 2.45) is 5.73 Å². The highest BCUT2D eigenvalue weighted by atomic mass is 17.1. The Morgan fingerprint density at radius 2 is 1.94 bits per heavy atom. The average molecular weight is 229 g/mol. The first kappa shape index (κ1) is 12.1. The fourth-order valence-corrected chi connectivity index (χ4v) is 1.16. The van der Waals surface area contributed by atoms with E-state index in [1.54, 1.807) is 0 Å². The van der Waals surface area contributed by atoms with Crippen molar-refractivity contribution in [2.75, 3.05) is 0 Å². The highest BCUT2D eigenvalue weighted by molar-refractivity contribution is 5.75. The van der Waals surface area contributed by atoms with Crippen LogP contribution in [-0.2, 0) is 16.1 Å². The van der Waals surface area contributed by atoms with Crippen LogP contribution in [0.3, 0.4) is 0 Å². The van der Waals surface area contributed by atoms with Crippen LogP contribution >= 0.6 is 0 Å². The van der Waals surface area contributed by atoms with Crippen LogP contribution in [0.5, 0.6) is 17.2 Å². The Labute approximate surface area is 90.2 Å². The molecular weight excluding hydrogens is 218 g/mol. The topological polar surface area (TPSA) is 133 Å². The molecule has 0 spiro atoms. The summed E-state index contributed by atoms with van der Waals surface area (Å²) in [7, 11) is 0. The van der Waals surface area contributed by atoms with Gasteiger partial charge in [0.05, 0.1) is 0 Å². The van der Waals surface area contributed by atoms with Crippen LogP contribution in [0.4, 0.5) is 0 Å². The van der Waals surface area contributed by atoms with Gasteiger partial charge in [-0.3, -0.25) is 4.89 Å². The third-order valence-corrected chi connectivity index (χ3v) is 2.05. The number of nitrogens with two attached hydrogens (primary N) is 1. The van der Waals surface area contributed by atoms with Crippen molar-refractivity contribution in [2.45, 2.75) is 12.5 Å². The van der Waals surface area contributed by atoms with Gasteiger partial charge in [0.1, 0.15) is 6.04 Å². The van der Waals surface area contributed by atoms with E-state index in [1.807, 2.05) is 0 Å². The van der Waals surface area contributed by atoms with Crippen LogP contribution in [0, 0.1) is 0 Å². The predicted octanol–water partition coefficient (Wildman–Crippen LogP) is -0.311. The first-order valence-corrected chi connectivity index (χ1v) is 4.31. The number of benzene rings is 1. The lowest BCUT2D eigenvalue weighted by Crippen LogP contribution is -2.33. The lowest BCUT2D eigenvalue weighted by molar-refractivity contribution is -0.235. The molecule has 1 aromatic carbocycles. The molecule has 0 saturated carbocycles. The van der Waals surface area contributed by atoms with Crippen LogP contribution in [0.2, 0.25) is 0 Å². The highest BCUT2D eigenvalue weighted by Crippen LogP contribution is 2.37. The predicted molar refractivity (Wildman–Crippen MR) is 51.8 cm³/mol. The molecular formula is C9H11NO6. The number of phenolic OH excluding ortho intramolecular Hbond substituents is 3. The highest BCUT2D eigenvalue weighted by Gasteiger charge is 2.19. The maximum atomic E-state index is 10.8. The number of rotatable bonds is 3. The molecule has 6 N–H and O–H groups in total. The molecule has 0 heterocycles. The van der Waals surface area contributed by atoms with Crippen LogP contribution in [0.25, 0.3) is 0 Å². The molecule has 1 rings (SSSR count). The normalized spacial score (nSPS) is 12.1. The summed E-state index contributed by atoms with van der Waals surface area (Å²) in [5.41, 5.74) is 5.47. The molecule has 0 fully saturated rings. The SMILES string of the molecule is NC(Cc1ccc(O)c(O)c1O)C(=O)OO. The quantitative estimate of drug-likeness (QED) is 0.272. The molecule has 0 aromatic heterocycles. The Morgan fingerprint density at radius 1 is 1.31 bits per heavy atom. The number of hydrogen-bond acceptors (Lipinski definition) is 7. The van der Waals surface area contributed by atoms with E-state index in [4.69, 9.17) is 16.1 Å². The molecule has 16 heavy (non-hydrogen) atoms. The summed E-state index contributed by atoms with van der Waals surface area (Å²) < 4.78 is 0. The first-order valence-electron chi connectivity index (χ1n) is 4.31. The van der Waals surface area contributed by atoms with E-state index in [1.165, 1.54) is 6.07 Å². The second-order valence-corrected chi connectivity index (χ2v) is 3.16. The molecule has 88 valence electrons. The summed E-state index contributed by atoms with van der Waals surface area (Å²) in [4.78, 5) is 14.2. The molecule has 0 aliphatic heterocycles. The van der Waals surface area contributed by atoms with Crippen molar-refractivity contribution in [3.05, 3.63) is 17.7 Å². The van der Waals surface area contributed by atoms with Gasteiger partial charge in [-0.1, -0.05) is 6.07 Å². The minimum absolute atomic E-state index is 0.146. The summed E-state index contributed by atoms with van der Waals surface area (Å²) >= 11 is 0. The lowest BCUT2D eigenvalue weighted by atomic mass is 10.0. The maximum absolute atomic E-state index is 10.8. The Bertz CT molecular complexity index is 405. The second-order valence-electron chi connectivity index (χ2n) is 3.16. The molecule has 1 atom stereocenters. The number of carbonyl (C=O) groups is 1. The third-order valence-electron chi connectivity index (χ3n) is 2.05. The molecule has 0 bridgehead atoms. The summed E-state index contributed by atoms with van der Waals surface area (Å²) in [5.74, 6) is -2.81. The van der Waals surface area contributed by atoms with Crippen molar-refractivity contribution < 1.29 is 30.3 Å². The molecule has 0 aliphatic carbocycles. The number of carbonyl (C=O) groups excluding carboxylic acids is 1. The van der Waals surface area contributed by atoms with Crippen LogP contribution in [0.1, 0.15) is 5.56 Å². The van der Waals surface area contributed by atoms with Crippen LogP contribution in [-0.4, -0.2) is 32.6 Å². The number of hydrogen-bond donors (Lipinski definition) is 5. The van der Waals surface area contributed by atoms with Crippen molar-refractivity contribution in [1.29, 1.82) is 0 Å². The summed E-state index contributed by atoms with van der Waals surface area (Å²) in [6, 6.07) is 1.25. The van der Waals surface area contributed by atoms with Gasteiger partial charge < -0.3 is 21.1 Å². The molecule has 7 nitrogen and oxygen atoms in total. The maximum Gasteiger partial charge on any atom is 0.358 e. The van der Waals surface area contributed by atoms with Gasteiger partial charge in [0.15, 0.2) is 11.5 Å². The van der Waals surface area contributed by atoms with E-state index in [0.717, 1.165) is 6.07 Å². The molecule has 0 amide bonds. The fraction of sp³-hybridized carbons (Fsp3) is 0.222. The molecule has 0 saturated heterocycles. The zero-order chi connectivity index (χ0) is 12.3. The summed E-state index contributed by atoms with van der Waals surface area (Å²) in [5, 5.41) is 35.7. The van der Waals surface area contributed by atoms with Gasteiger partial charge in [0.25, 0.3) is 0 Å². The van der Waals surface area contributed by atoms with Gasteiger partial charge in [-0.25, -0.2) is 4.79 Å². The Balaban J connectivity index is 2.90. The van der Waals surface area contributed by atoms with Gasteiger partial charge in [-0.15, -0.1) is 0 Å². The molecule has 0 radical (unpaired) electrons. The smallest absolute Gasteiger partial charge is 0.358 e. The van der Waals surface area contributed by atoms with E-state index in [9.17, 15) is 15.0 Å². The van der Waals surface area contributed by atoms with Gasteiger partial charge in [0.2, 0.25) is 5.75 Å². The van der Waals surface area contributed by atoms with E-state index in [-0.39, 0.29) is 12.0 Å². The monoisotopic (exact) mass is 229 g/mol. The third kappa shape index (κ3) is 2.33. The second kappa shape index (κ2) is 4.69. The minimum Gasteiger partial charge on any atom is -0.504 e. The molecule has 0 aliphatic rings. The first-order chi connectivity index (χ1) is 7.47. The molecule has 1 aromatic rings. The van der Waals surface area contributed by atoms with Crippen LogP contribution in [0.15, 0.2) is 12.1 Å². The largest absolute Gasteiger partial charge is 0.504 e.